The molecule has 0 amide bonds. The molecular formula is C12H9N3. The van der Waals surface area contributed by atoms with Crippen molar-refractivity contribution in [3.05, 3.63) is 48.2 Å². The van der Waals surface area contributed by atoms with Crippen molar-refractivity contribution >= 4 is 5.57 Å². The highest BCUT2D eigenvalue weighted by Crippen LogP contribution is 2.41. The Morgan fingerprint density at radius 2 is 1.73 bits per heavy atom. The quantitative estimate of drug-likeness (QED) is 0.552. The summed E-state index contributed by atoms with van der Waals surface area (Å²) < 4.78 is 0. The minimum absolute atomic E-state index is 0.878. The van der Waals surface area contributed by atoms with Gasteiger partial charge in [0.1, 0.15) is 0 Å². The molecule has 0 atom stereocenters. The Morgan fingerprint density at radius 3 is 2.53 bits per heavy atom. The normalized spacial score (nSPS) is 12.5. The van der Waals surface area contributed by atoms with Crippen LogP contribution in [-0.4, -0.2) is 15.0 Å². The maximum absolute atomic E-state index is 4.34. The van der Waals surface area contributed by atoms with E-state index in [1.54, 1.807) is 18.6 Å². The van der Waals surface area contributed by atoms with E-state index in [-0.39, 0.29) is 0 Å². The molecule has 2 aromatic rings. The third-order valence-corrected chi connectivity index (χ3v) is 2.68. The van der Waals surface area contributed by atoms with Gasteiger partial charge in [-0.2, -0.15) is 0 Å². The Bertz CT molecular complexity index is 573. The van der Waals surface area contributed by atoms with Crippen LogP contribution in [0.25, 0.3) is 16.8 Å². The summed E-state index contributed by atoms with van der Waals surface area (Å²) in [5, 5.41) is 0. The van der Waals surface area contributed by atoms with Gasteiger partial charge >= 0.3 is 0 Å². The summed E-state index contributed by atoms with van der Waals surface area (Å²) in [4.78, 5) is 12.9. The van der Waals surface area contributed by atoms with E-state index >= 15 is 0 Å². The van der Waals surface area contributed by atoms with Gasteiger partial charge in [-0.1, -0.05) is 6.58 Å². The molecule has 0 fully saturated rings. The van der Waals surface area contributed by atoms with E-state index < -0.39 is 0 Å². The predicted octanol–water partition coefficient (Wildman–Crippen LogP) is 2.22. The van der Waals surface area contributed by atoms with Gasteiger partial charge in [-0.15, -0.1) is 0 Å². The van der Waals surface area contributed by atoms with E-state index in [4.69, 9.17) is 0 Å². The lowest BCUT2D eigenvalue weighted by Crippen LogP contribution is -1.88. The van der Waals surface area contributed by atoms with Crippen molar-refractivity contribution < 1.29 is 0 Å². The molecule has 1 aliphatic rings. The predicted molar refractivity (Wildman–Crippen MR) is 58.1 cm³/mol. The first kappa shape index (κ1) is 8.29. The van der Waals surface area contributed by atoms with Gasteiger partial charge in [-0.05, 0) is 13.0 Å². The number of nitrogens with zero attached hydrogens (tertiary/aromatic N) is 3. The van der Waals surface area contributed by atoms with Crippen molar-refractivity contribution in [3.63, 3.8) is 0 Å². The summed E-state index contributed by atoms with van der Waals surface area (Å²) in [6.45, 7) is 6.04. The maximum Gasteiger partial charge on any atom is 0.0972 e. The summed E-state index contributed by atoms with van der Waals surface area (Å²) in [7, 11) is 0. The largest absolute Gasteiger partial charge is 0.261 e. The molecule has 1 aliphatic carbocycles. The van der Waals surface area contributed by atoms with Crippen LogP contribution >= 0.6 is 0 Å². The molecular weight excluding hydrogens is 186 g/mol. The van der Waals surface area contributed by atoms with Crippen molar-refractivity contribution in [2.75, 3.05) is 0 Å². The van der Waals surface area contributed by atoms with E-state index in [1.165, 1.54) is 0 Å². The van der Waals surface area contributed by atoms with Gasteiger partial charge < -0.3 is 0 Å². The van der Waals surface area contributed by atoms with Crippen LogP contribution in [-0.2, 0) is 0 Å². The molecule has 0 spiro atoms. The summed E-state index contributed by atoms with van der Waals surface area (Å²) in [6, 6.07) is 1.97. The molecule has 72 valence electrons. The summed E-state index contributed by atoms with van der Waals surface area (Å²) in [6.07, 6.45) is 5.20. The van der Waals surface area contributed by atoms with E-state index in [9.17, 15) is 0 Å². The van der Waals surface area contributed by atoms with Crippen LogP contribution < -0.4 is 0 Å². The Hall–Kier alpha value is -2.03. The minimum Gasteiger partial charge on any atom is -0.261 e. The number of aryl methyl sites for hydroxylation is 1. The average molecular weight is 195 g/mol. The van der Waals surface area contributed by atoms with Gasteiger partial charge in [0.05, 0.1) is 11.4 Å². The Balaban J connectivity index is 2.43. The monoisotopic (exact) mass is 195 g/mol. The molecule has 0 saturated heterocycles. The molecule has 3 rings (SSSR count). The fraction of sp³-hybridized carbons (Fsp3) is 0.0833. The van der Waals surface area contributed by atoms with E-state index in [1.807, 2.05) is 13.0 Å². The van der Waals surface area contributed by atoms with Crippen molar-refractivity contribution in [3.8, 4) is 11.3 Å². The zero-order valence-electron chi connectivity index (χ0n) is 8.36. The van der Waals surface area contributed by atoms with Gasteiger partial charge in [-0.25, -0.2) is 0 Å². The van der Waals surface area contributed by atoms with E-state index in [2.05, 4.69) is 21.5 Å². The maximum atomic E-state index is 4.34. The molecule has 3 nitrogen and oxygen atoms in total. The molecule has 2 heterocycles. The molecule has 0 aliphatic heterocycles. The second-order valence-electron chi connectivity index (χ2n) is 3.55. The van der Waals surface area contributed by atoms with E-state index in [0.29, 0.717) is 0 Å². The molecule has 0 N–H and O–H groups in total. The number of hydrogen-bond donors (Lipinski definition) is 0. The molecule has 0 aromatic carbocycles. The van der Waals surface area contributed by atoms with Crippen molar-refractivity contribution in [1.29, 1.82) is 0 Å². The van der Waals surface area contributed by atoms with Crippen LogP contribution in [0.15, 0.2) is 31.2 Å². The number of rotatable bonds is 0. The Kier molecular flexibility index (Phi) is 1.51. The van der Waals surface area contributed by atoms with Gasteiger partial charge in [0.25, 0.3) is 0 Å². The molecule has 0 bridgehead atoms. The first-order chi connectivity index (χ1) is 7.29. The zero-order valence-corrected chi connectivity index (χ0v) is 8.36. The van der Waals surface area contributed by atoms with Crippen LogP contribution in [0.3, 0.4) is 0 Å². The summed E-state index contributed by atoms with van der Waals surface area (Å²) in [5.74, 6) is 0. The van der Waals surface area contributed by atoms with Gasteiger partial charge in [0.15, 0.2) is 0 Å². The van der Waals surface area contributed by atoms with E-state index in [0.717, 1.165) is 33.8 Å². The molecule has 2 aromatic heterocycles. The van der Waals surface area contributed by atoms with Gasteiger partial charge in [-0.3, -0.25) is 15.0 Å². The summed E-state index contributed by atoms with van der Waals surface area (Å²) >= 11 is 0. The first-order valence-electron chi connectivity index (χ1n) is 4.75. The number of aromatic nitrogens is 3. The smallest absolute Gasteiger partial charge is 0.0972 e. The fourth-order valence-electron chi connectivity index (χ4n) is 2.02. The van der Waals surface area contributed by atoms with Crippen LogP contribution in [0.4, 0.5) is 0 Å². The lowest BCUT2D eigenvalue weighted by molar-refractivity contribution is 1.18. The van der Waals surface area contributed by atoms with Crippen molar-refractivity contribution in [2.45, 2.75) is 6.92 Å². The molecule has 3 heteroatoms. The number of hydrogen-bond acceptors (Lipinski definition) is 3. The second-order valence-corrected chi connectivity index (χ2v) is 3.55. The standard InChI is InChI=1S/C12H9N3/c1-7-10-8(2)13-4-3-9(10)12-11(7)14-5-6-15-12/h3-6H,1H2,2H3. The fourth-order valence-corrected chi connectivity index (χ4v) is 2.02. The lowest BCUT2D eigenvalue weighted by Gasteiger charge is -2.01. The summed E-state index contributed by atoms with van der Waals surface area (Å²) in [5.41, 5.74) is 5.89. The van der Waals surface area contributed by atoms with Gasteiger partial charge in [0.2, 0.25) is 0 Å². The highest BCUT2D eigenvalue weighted by atomic mass is 14.8. The molecule has 15 heavy (non-hydrogen) atoms. The lowest BCUT2D eigenvalue weighted by atomic mass is 10.1. The van der Waals surface area contributed by atoms with Crippen LogP contribution in [0.2, 0.25) is 0 Å². The Labute approximate surface area is 87.5 Å². The first-order valence-corrected chi connectivity index (χ1v) is 4.75. The molecule has 0 saturated carbocycles. The minimum atomic E-state index is 0.878. The molecule has 0 unspecified atom stereocenters. The average Bonchev–Trinajstić information content (AvgIpc) is 2.55. The van der Waals surface area contributed by atoms with Crippen LogP contribution in [0, 0.1) is 6.92 Å². The van der Waals surface area contributed by atoms with Crippen molar-refractivity contribution in [2.24, 2.45) is 0 Å². The Morgan fingerprint density at radius 1 is 1.00 bits per heavy atom. The SMILES string of the molecule is C=C1c2nccnc2-c2ccnc(C)c21. The topological polar surface area (TPSA) is 38.7 Å². The third-order valence-electron chi connectivity index (χ3n) is 2.68. The highest BCUT2D eigenvalue weighted by Gasteiger charge is 2.25. The van der Waals surface area contributed by atoms with Crippen LogP contribution in [0.1, 0.15) is 17.0 Å². The molecule has 0 radical (unpaired) electrons. The second kappa shape index (κ2) is 2.73. The number of fused-ring (bicyclic) bond motifs is 3. The number of pyridine rings is 1. The highest BCUT2D eigenvalue weighted by molar-refractivity contribution is 5.97. The van der Waals surface area contributed by atoms with Crippen LogP contribution in [0.5, 0.6) is 0 Å². The zero-order chi connectivity index (χ0) is 10.4. The third kappa shape index (κ3) is 0.973. The van der Waals surface area contributed by atoms with Gasteiger partial charge in [0, 0.05) is 41.0 Å². The van der Waals surface area contributed by atoms with Crippen molar-refractivity contribution in [1.82, 2.24) is 15.0 Å².